The fourth-order valence-corrected chi connectivity index (χ4v) is 2.54. The van der Waals surface area contributed by atoms with E-state index in [1.165, 1.54) is 0 Å². The van der Waals surface area contributed by atoms with Crippen molar-refractivity contribution in [2.24, 2.45) is 0 Å². The number of amides is 1. The Hall–Kier alpha value is -2.30. The maximum atomic E-state index is 11.7. The molecule has 0 radical (unpaired) electrons. The van der Waals surface area contributed by atoms with E-state index < -0.39 is 0 Å². The summed E-state index contributed by atoms with van der Waals surface area (Å²) in [5.41, 5.74) is 1.80. The zero-order chi connectivity index (χ0) is 14.5. The third-order valence-electron chi connectivity index (χ3n) is 3.61. The number of carbonyl (C=O) groups is 1. The van der Waals surface area contributed by atoms with Crippen LogP contribution in [0, 0.1) is 0 Å². The molecule has 3 rings (SSSR count). The molecule has 5 nitrogen and oxygen atoms in total. The van der Waals surface area contributed by atoms with Crippen LogP contribution in [0.5, 0.6) is 0 Å². The third-order valence-corrected chi connectivity index (χ3v) is 3.61. The first kappa shape index (κ1) is 13.7. The van der Waals surface area contributed by atoms with Gasteiger partial charge in [-0.25, -0.2) is 4.79 Å². The first-order chi connectivity index (χ1) is 10.3. The van der Waals surface area contributed by atoms with Gasteiger partial charge < -0.3 is 14.5 Å². The lowest BCUT2D eigenvalue weighted by Gasteiger charge is -2.12. The molecule has 2 heterocycles. The Morgan fingerprint density at radius 3 is 3.00 bits per heavy atom. The van der Waals surface area contributed by atoms with Crippen LogP contribution in [0.15, 0.2) is 41.3 Å². The van der Waals surface area contributed by atoms with Crippen molar-refractivity contribution in [3.8, 4) is 11.3 Å². The number of rotatable bonds is 4. The average molecular weight is 286 g/mol. The number of carbonyl (C=O) groups excluding carboxylic acids is 1. The largest absolute Gasteiger partial charge is 0.464 e. The van der Waals surface area contributed by atoms with Gasteiger partial charge in [0.25, 0.3) is 0 Å². The number of furan rings is 1. The Bertz CT molecular complexity index is 589. The van der Waals surface area contributed by atoms with Crippen LogP contribution in [0.25, 0.3) is 11.3 Å². The first-order valence-corrected chi connectivity index (χ1v) is 7.23. The summed E-state index contributed by atoms with van der Waals surface area (Å²) >= 11 is 0. The van der Waals surface area contributed by atoms with Gasteiger partial charge in [-0.1, -0.05) is 0 Å². The summed E-state index contributed by atoms with van der Waals surface area (Å²) in [6.07, 6.45) is 9.05. The lowest BCUT2D eigenvalue weighted by molar-refractivity contribution is 0.100. The van der Waals surface area contributed by atoms with Gasteiger partial charge in [0.15, 0.2) is 0 Å². The van der Waals surface area contributed by atoms with Crippen LogP contribution in [0.4, 0.5) is 4.79 Å². The predicted octanol–water partition coefficient (Wildman–Crippen LogP) is 3.51. The van der Waals surface area contributed by atoms with Gasteiger partial charge in [0.2, 0.25) is 0 Å². The minimum absolute atomic E-state index is 0.0811. The zero-order valence-corrected chi connectivity index (χ0v) is 11.7. The van der Waals surface area contributed by atoms with Gasteiger partial charge in [-0.3, -0.25) is 4.98 Å². The average Bonchev–Trinajstić information content (AvgIpc) is 3.19. The molecule has 1 amide bonds. The van der Waals surface area contributed by atoms with Gasteiger partial charge in [-0.15, -0.1) is 0 Å². The predicted molar refractivity (Wildman–Crippen MR) is 77.5 cm³/mol. The second-order valence-electron chi connectivity index (χ2n) is 5.22. The van der Waals surface area contributed by atoms with Crippen molar-refractivity contribution in [2.45, 2.75) is 38.3 Å². The standard InChI is InChI=1S/C16H18N2O3/c19-16(21-14-4-1-2-5-14)18-10-12-8-13(11-17-9-12)15-6-3-7-20-15/h3,6-9,11,14H,1-2,4-5,10H2,(H,18,19). The minimum atomic E-state index is -0.356. The summed E-state index contributed by atoms with van der Waals surface area (Å²) in [7, 11) is 0. The molecule has 1 saturated carbocycles. The Morgan fingerprint density at radius 1 is 1.38 bits per heavy atom. The Morgan fingerprint density at radius 2 is 2.24 bits per heavy atom. The van der Waals surface area contributed by atoms with Gasteiger partial charge >= 0.3 is 6.09 Å². The summed E-state index contributed by atoms with van der Waals surface area (Å²) < 4.78 is 10.7. The van der Waals surface area contributed by atoms with Crippen LogP contribution in [0.3, 0.4) is 0 Å². The summed E-state index contributed by atoms with van der Waals surface area (Å²) in [4.78, 5) is 15.9. The number of pyridine rings is 1. The Kier molecular flexibility index (Phi) is 4.19. The van der Waals surface area contributed by atoms with Crippen LogP contribution in [0.2, 0.25) is 0 Å². The maximum Gasteiger partial charge on any atom is 0.407 e. The van der Waals surface area contributed by atoms with Crippen LogP contribution >= 0.6 is 0 Å². The summed E-state index contributed by atoms with van der Waals surface area (Å²) in [6.45, 7) is 0.396. The summed E-state index contributed by atoms with van der Waals surface area (Å²) in [5.74, 6) is 0.762. The topological polar surface area (TPSA) is 64.4 Å². The van der Waals surface area contributed by atoms with Crippen molar-refractivity contribution in [3.63, 3.8) is 0 Å². The van der Waals surface area contributed by atoms with E-state index in [0.717, 1.165) is 42.6 Å². The molecule has 0 aromatic carbocycles. The highest BCUT2D eigenvalue weighted by Crippen LogP contribution is 2.21. The molecule has 0 unspecified atom stereocenters. The van der Waals surface area contributed by atoms with Crippen molar-refractivity contribution in [1.29, 1.82) is 0 Å². The summed E-state index contributed by atoms with van der Waals surface area (Å²) in [5, 5.41) is 2.77. The van der Waals surface area contributed by atoms with E-state index in [1.807, 2.05) is 18.2 Å². The van der Waals surface area contributed by atoms with Gasteiger partial charge in [-0.2, -0.15) is 0 Å². The molecule has 1 aliphatic rings. The quantitative estimate of drug-likeness (QED) is 0.934. The second kappa shape index (κ2) is 6.43. The van der Waals surface area contributed by atoms with Crippen LogP contribution in [-0.2, 0) is 11.3 Å². The molecule has 0 saturated heterocycles. The number of ether oxygens (including phenoxy) is 1. The SMILES string of the molecule is O=C(NCc1cncc(-c2ccco2)c1)OC1CCCC1. The highest BCUT2D eigenvalue weighted by Gasteiger charge is 2.18. The number of hydrogen-bond donors (Lipinski definition) is 1. The Balaban J connectivity index is 1.55. The van der Waals surface area contributed by atoms with E-state index in [1.54, 1.807) is 18.7 Å². The number of aromatic nitrogens is 1. The van der Waals surface area contributed by atoms with Crippen LogP contribution < -0.4 is 5.32 Å². The fourth-order valence-electron chi connectivity index (χ4n) is 2.54. The van der Waals surface area contributed by atoms with Crippen LogP contribution in [0.1, 0.15) is 31.2 Å². The molecule has 0 spiro atoms. The third kappa shape index (κ3) is 3.62. The van der Waals surface area contributed by atoms with Crippen molar-refractivity contribution in [2.75, 3.05) is 0 Å². The summed E-state index contributed by atoms with van der Waals surface area (Å²) in [6, 6.07) is 5.66. The lowest BCUT2D eigenvalue weighted by atomic mass is 10.1. The number of nitrogens with one attached hydrogen (secondary N) is 1. The zero-order valence-electron chi connectivity index (χ0n) is 11.7. The molecule has 0 bridgehead atoms. The number of hydrogen-bond acceptors (Lipinski definition) is 4. The second-order valence-corrected chi connectivity index (χ2v) is 5.22. The first-order valence-electron chi connectivity index (χ1n) is 7.23. The van der Waals surface area contributed by atoms with Crippen LogP contribution in [-0.4, -0.2) is 17.2 Å². The van der Waals surface area contributed by atoms with E-state index in [9.17, 15) is 4.79 Å². The van der Waals surface area contributed by atoms with E-state index >= 15 is 0 Å². The highest BCUT2D eigenvalue weighted by atomic mass is 16.6. The molecule has 1 aliphatic carbocycles. The number of alkyl carbamates (subject to hydrolysis) is 1. The number of nitrogens with zero attached hydrogens (tertiary/aromatic N) is 1. The van der Waals surface area contributed by atoms with Crippen molar-refractivity contribution >= 4 is 6.09 Å². The molecule has 5 heteroatoms. The van der Waals surface area contributed by atoms with E-state index in [0.29, 0.717) is 6.54 Å². The van der Waals surface area contributed by atoms with Gasteiger partial charge in [0.1, 0.15) is 11.9 Å². The smallest absolute Gasteiger partial charge is 0.407 e. The molecular weight excluding hydrogens is 268 g/mol. The molecule has 110 valence electrons. The monoisotopic (exact) mass is 286 g/mol. The van der Waals surface area contributed by atoms with Gasteiger partial charge in [-0.05, 0) is 49.4 Å². The van der Waals surface area contributed by atoms with E-state index in [2.05, 4.69) is 10.3 Å². The van der Waals surface area contributed by atoms with Crippen molar-refractivity contribution < 1.29 is 13.9 Å². The Labute approximate surface area is 123 Å². The van der Waals surface area contributed by atoms with Gasteiger partial charge in [0, 0.05) is 24.5 Å². The maximum absolute atomic E-state index is 11.7. The van der Waals surface area contributed by atoms with E-state index in [-0.39, 0.29) is 12.2 Å². The normalized spacial score (nSPS) is 15.0. The molecule has 1 fully saturated rings. The molecule has 2 aromatic rings. The highest BCUT2D eigenvalue weighted by molar-refractivity contribution is 5.67. The molecule has 2 aromatic heterocycles. The molecule has 21 heavy (non-hydrogen) atoms. The minimum Gasteiger partial charge on any atom is -0.464 e. The molecule has 0 aliphatic heterocycles. The van der Waals surface area contributed by atoms with Gasteiger partial charge in [0.05, 0.1) is 6.26 Å². The van der Waals surface area contributed by atoms with Crippen molar-refractivity contribution in [3.05, 3.63) is 42.4 Å². The molecule has 1 N–H and O–H groups in total. The lowest BCUT2D eigenvalue weighted by Crippen LogP contribution is -2.27. The van der Waals surface area contributed by atoms with Crippen molar-refractivity contribution in [1.82, 2.24) is 10.3 Å². The molecular formula is C16H18N2O3. The van der Waals surface area contributed by atoms with E-state index in [4.69, 9.17) is 9.15 Å². The fraction of sp³-hybridized carbons (Fsp3) is 0.375. The molecule has 0 atom stereocenters.